The van der Waals surface area contributed by atoms with Gasteiger partial charge in [-0.25, -0.2) is 0 Å². The van der Waals surface area contributed by atoms with E-state index in [2.05, 4.69) is 5.32 Å². The summed E-state index contributed by atoms with van der Waals surface area (Å²) in [5.41, 5.74) is 5.79. The average molecular weight is 326 g/mol. The van der Waals surface area contributed by atoms with E-state index in [4.69, 9.17) is 17.3 Å². The lowest BCUT2D eigenvalue weighted by Crippen LogP contribution is -2.48. The van der Waals surface area contributed by atoms with Crippen LogP contribution >= 0.6 is 11.6 Å². The van der Waals surface area contributed by atoms with Crippen molar-refractivity contribution in [1.29, 1.82) is 0 Å². The Kier molecular flexibility index (Phi) is 6.84. The number of hydrogen-bond donors (Lipinski definition) is 2. The Morgan fingerprint density at radius 2 is 1.95 bits per heavy atom. The lowest BCUT2D eigenvalue weighted by atomic mass is 9.81. The van der Waals surface area contributed by atoms with Crippen molar-refractivity contribution in [1.82, 2.24) is 4.90 Å². The number of nitrogens with zero attached hydrogens (tertiary/aromatic N) is 1. The third-order valence-electron chi connectivity index (χ3n) is 4.03. The number of likely N-dealkylation sites (N-methyl/N-ethyl adjacent to an activating group) is 1. The number of anilines is 1. The molecule has 1 rings (SSSR count). The fraction of sp³-hybridized carbons (Fsp3) is 0.500. The fourth-order valence-electron chi connectivity index (χ4n) is 2.39. The van der Waals surface area contributed by atoms with Gasteiger partial charge >= 0.3 is 0 Å². The first-order valence-electron chi connectivity index (χ1n) is 7.39. The first-order valence-corrected chi connectivity index (χ1v) is 7.77. The highest BCUT2D eigenvalue weighted by molar-refractivity contribution is 6.30. The zero-order chi connectivity index (χ0) is 16.8. The van der Waals surface area contributed by atoms with Gasteiger partial charge in [0.15, 0.2) is 0 Å². The van der Waals surface area contributed by atoms with E-state index < -0.39 is 5.41 Å². The van der Waals surface area contributed by atoms with Crippen LogP contribution in [0.5, 0.6) is 0 Å². The molecule has 1 aromatic rings. The molecule has 0 atom stereocenters. The van der Waals surface area contributed by atoms with Crippen LogP contribution in [0.4, 0.5) is 5.69 Å². The molecule has 3 N–H and O–H groups in total. The standard InChI is InChI=1S/C16H24ClN3O2/c1-4-16(5-2,11-18)15(22)20(3)10-14(21)19-13-8-6-7-12(17)9-13/h6-9H,4-5,10-11,18H2,1-3H3,(H,19,21). The number of hydrogen-bond acceptors (Lipinski definition) is 3. The van der Waals surface area contributed by atoms with Crippen molar-refractivity contribution in [2.24, 2.45) is 11.1 Å². The van der Waals surface area contributed by atoms with Gasteiger partial charge in [0, 0.05) is 24.3 Å². The van der Waals surface area contributed by atoms with Crippen LogP contribution in [0, 0.1) is 5.41 Å². The first-order chi connectivity index (χ1) is 10.4. The van der Waals surface area contributed by atoms with Crippen LogP contribution in [0.1, 0.15) is 26.7 Å². The zero-order valence-electron chi connectivity index (χ0n) is 13.4. The average Bonchev–Trinajstić information content (AvgIpc) is 2.49. The predicted molar refractivity (Wildman–Crippen MR) is 89.8 cm³/mol. The number of halogens is 1. The van der Waals surface area contributed by atoms with Gasteiger partial charge in [0.05, 0.1) is 12.0 Å². The Morgan fingerprint density at radius 1 is 1.32 bits per heavy atom. The summed E-state index contributed by atoms with van der Waals surface area (Å²) in [4.78, 5) is 26.0. The van der Waals surface area contributed by atoms with Crippen molar-refractivity contribution in [2.45, 2.75) is 26.7 Å². The van der Waals surface area contributed by atoms with Gasteiger partial charge in [-0.3, -0.25) is 9.59 Å². The molecule has 0 heterocycles. The predicted octanol–water partition coefficient (Wildman–Crippen LogP) is 2.50. The zero-order valence-corrected chi connectivity index (χ0v) is 14.1. The van der Waals surface area contributed by atoms with E-state index in [0.29, 0.717) is 23.6 Å². The molecule has 6 heteroatoms. The second-order valence-electron chi connectivity index (χ2n) is 5.41. The highest BCUT2D eigenvalue weighted by Crippen LogP contribution is 2.27. The lowest BCUT2D eigenvalue weighted by Gasteiger charge is -2.33. The Labute approximate surface area is 136 Å². The summed E-state index contributed by atoms with van der Waals surface area (Å²) in [7, 11) is 1.62. The molecule has 0 bridgehead atoms. The topological polar surface area (TPSA) is 75.4 Å². The summed E-state index contributed by atoms with van der Waals surface area (Å²) in [6.45, 7) is 4.13. The number of benzene rings is 1. The highest BCUT2D eigenvalue weighted by Gasteiger charge is 2.36. The summed E-state index contributed by atoms with van der Waals surface area (Å²) in [5.74, 6) is -0.363. The van der Waals surface area contributed by atoms with Crippen molar-refractivity contribution in [3.05, 3.63) is 29.3 Å². The van der Waals surface area contributed by atoms with Crippen LogP contribution in [0.25, 0.3) is 0 Å². The summed E-state index contributed by atoms with van der Waals surface area (Å²) in [6.07, 6.45) is 1.30. The quantitative estimate of drug-likeness (QED) is 0.808. The molecule has 0 fully saturated rings. The van der Waals surface area contributed by atoms with Crippen molar-refractivity contribution in [3.8, 4) is 0 Å². The van der Waals surface area contributed by atoms with Crippen molar-refractivity contribution in [3.63, 3.8) is 0 Å². The Morgan fingerprint density at radius 3 is 2.45 bits per heavy atom. The molecule has 1 aromatic carbocycles. The molecule has 0 saturated heterocycles. The van der Waals surface area contributed by atoms with Crippen LogP contribution in [0.2, 0.25) is 5.02 Å². The number of carbonyl (C=O) groups excluding carboxylic acids is 2. The molecular formula is C16H24ClN3O2. The molecule has 0 aromatic heterocycles. The summed E-state index contributed by atoms with van der Waals surface area (Å²) < 4.78 is 0. The maximum Gasteiger partial charge on any atom is 0.243 e. The third kappa shape index (κ3) is 4.45. The summed E-state index contributed by atoms with van der Waals surface area (Å²) in [5, 5.41) is 3.27. The molecular weight excluding hydrogens is 302 g/mol. The van der Waals surface area contributed by atoms with Gasteiger partial charge in [-0.05, 0) is 31.0 Å². The number of rotatable bonds is 7. The maximum atomic E-state index is 12.5. The van der Waals surface area contributed by atoms with E-state index in [0.717, 1.165) is 0 Å². The maximum absolute atomic E-state index is 12.5. The fourth-order valence-corrected chi connectivity index (χ4v) is 2.58. The van der Waals surface area contributed by atoms with E-state index in [-0.39, 0.29) is 24.9 Å². The van der Waals surface area contributed by atoms with Crippen LogP contribution in [-0.2, 0) is 9.59 Å². The smallest absolute Gasteiger partial charge is 0.243 e. The summed E-state index contributed by atoms with van der Waals surface area (Å²) in [6, 6.07) is 6.88. The van der Waals surface area contributed by atoms with E-state index in [9.17, 15) is 9.59 Å². The molecule has 0 spiro atoms. The SMILES string of the molecule is CCC(CC)(CN)C(=O)N(C)CC(=O)Nc1cccc(Cl)c1. The number of carbonyl (C=O) groups is 2. The second kappa shape index (κ2) is 8.15. The molecule has 0 saturated carbocycles. The highest BCUT2D eigenvalue weighted by atomic mass is 35.5. The minimum atomic E-state index is -0.592. The number of nitrogens with two attached hydrogens (primary N) is 1. The Bertz CT molecular complexity index is 522. The Balaban J connectivity index is 2.69. The number of nitrogens with one attached hydrogen (secondary N) is 1. The largest absolute Gasteiger partial charge is 0.336 e. The van der Waals surface area contributed by atoms with Crippen LogP contribution in [0.3, 0.4) is 0 Å². The van der Waals surface area contributed by atoms with Crippen LogP contribution in [-0.4, -0.2) is 36.9 Å². The molecule has 2 amide bonds. The monoisotopic (exact) mass is 325 g/mol. The molecule has 0 aliphatic heterocycles. The van der Waals surface area contributed by atoms with Gasteiger partial charge in [0.1, 0.15) is 0 Å². The summed E-state index contributed by atoms with van der Waals surface area (Å²) >= 11 is 5.87. The van der Waals surface area contributed by atoms with Crippen molar-refractivity contribution in [2.75, 3.05) is 25.5 Å². The van der Waals surface area contributed by atoms with Crippen molar-refractivity contribution < 1.29 is 9.59 Å². The van der Waals surface area contributed by atoms with Gasteiger partial charge in [-0.2, -0.15) is 0 Å². The molecule has 5 nitrogen and oxygen atoms in total. The van der Waals surface area contributed by atoms with Crippen LogP contribution < -0.4 is 11.1 Å². The molecule has 0 aliphatic rings. The molecule has 22 heavy (non-hydrogen) atoms. The van der Waals surface area contributed by atoms with Gasteiger partial charge in [0.2, 0.25) is 11.8 Å². The molecule has 0 aliphatic carbocycles. The van der Waals surface area contributed by atoms with E-state index in [1.54, 1.807) is 31.3 Å². The lowest BCUT2D eigenvalue weighted by molar-refractivity contribution is -0.142. The van der Waals surface area contributed by atoms with E-state index in [1.807, 2.05) is 13.8 Å². The Hall–Kier alpha value is -1.59. The molecule has 0 radical (unpaired) electrons. The van der Waals surface area contributed by atoms with E-state index in [1.165, 1.54) is 4.90 Å². The minimum absolute atomic E-state index is 0.0207. The molecule has 0 unspecified atom stereocenters. The normalized spacial score (nSPS) is 11.1. The number of amides is 2. The van der Waals surface area contributed by atoms with Gasteiger partial charge < -0.3 is 16.0 Å². The first kappa shape index (κ1) is 18.5. The van der Waals surface area contributed by atoms with Gasteiger partial charge in [-0.15, -0.1) is 0 Å². The molecule has 122 valence electrons. The van der Waals surface area contributed by atoms with Gasteiger partial charge in [-0.1, -0.05) is 31.5 Å². The van der Waals surface area contributed by atoms with E-state index >= 15 is 0 Å². The third-order valence-corrected chi connectivity index (χ3v) is 4.27. The van der Waals surface area contributed by atoms with Crippen molar-refractivity contribution >= 4 is 29.1 Å². The minimum Gasteiger partial charge on any atom is -0.336 e. The second-order valence-corrected chi connectivity index (χ2v) is 5.85. The van der Waals surface area contributed by atoms with Gasteiger partial charge in [0.25, 0.3) is 0 Å². The van der Waals surface area contributed by atoms with Crippen LogP contribution in [0.15, 0.2) is 24.3 Å².